The maximum Gasteiger partial charge on any atom is 0.249 e. The number of aliphatic hydroxyl groups excluding tert-OH is 2. The molecule has 0 unspecified atom stereocenters. The molecule has 0 bridgehead atoms. The van der Waals surface area contributed by atoms with Crippen LogP contribution in [0.5, 0.6) is 0 Å². The number of carbonyl (C=O) groups is 4. The van der Waals surface area contributed by atoms with E-state index in [2.05, 4.69) is 0 Å². The standard InChI is InChI=1S/C10H10N2O6/c1-3(13)11-5-7(15)9(17)6(12-4(2)14)10(18)8(5)16/h15,18H,1-2H3,(H,11,13)(H,12,14). The van der Waals surface area contributed by atoms with Crippen molar-refractivity contribution in [1.82, 2.24) is 10.6 Å². The van der Waals surface area contributed by atoms with Crippen molar-refractivity contribution in [3.63, 3.8) is 0 Å². The smallest absolute Gasteiger partial charge is 0.249 e. The Morgan fingerprint density at radius 3 is 1.33 bits per heavy atom. The molecule has 1 aliphatic rings. The van der Waals surface area contributed by atoms with Crippen molar-refractivity contribution >= 4 is 23.4 Å². The van der Waals surface area contributed by atoms with E-state index in [4.69, 9.17) is 0 Å². The molecule has 0 heterocycles. The van der Waals surface area contributed by atoms with E-state index in [0.717, 1.165) is 13.8 Å². The van der Waals surface area contributed by atoms with Gasteiger partial charge in [0.25, 0.3) is 0 Å². The quantitative estimate of drug-likeness (QED) is 0.465. The fourth-order valence-corrected chi connectivity index (χ4v) is 1.26. The Bertz CT molecular complexity index is 480. The van der Waals surface area contributed by atoms with Crippen LogP contribution < -0.4 is 10.6 Å². The van der Waals surface area contributed by atoms with Crippen LogP contribution in [0, 0.1) is 0 Å². The molecular weight excluding hydrogens is 244 g/mol. The molecule has 0 saturated carbocycles. The van der Waals surface area contributed by atoms with Gasteiger partial charge in [-0.3, -0.25) is 19.2 Å². The highest BCUT2D eigenvalue weighted by molar-refractivity contribution is 6.24. The lowest BCUT2D eigenvalue weighted by Gasteiger charge is -2.17. The van der Waals surface area contributed by atoms with E-state index in [1.54, 1.807) is 0 Å². The highest BCUT2D eigenvalue weighted by Gasteiger charge is 2.36. The summed E-state index contributed by atoms with van der Waals surface area (Å²) in [5, 5.41) is 22.8. The van der Waals surface area contributed by atoms with E-state index in [-0.39, 0.29) is 0 Å². The zero-order valence-corrected chi connectivity index (χ0v) is 9.53. The zero-order chi connectivity index (χ0) is 14.0. The summed E-state index contributed by atoms with van der Waals surface area (Å²) >= 11 is 0. The van der Waals surface area contributed by atoms with Crippen LogP contribution in [0.15, 0.2) is 22.9 Å². The van der Waals surface area contributed by atoms with Crippen molar-refractivity contribution in [3.8, 4) is 0 Å². The first kappa shape index (κ1) is 13.4. The van der Waals surface area contributed by atoms with Gasteiger partial charge in [0, 0.05) is 13.8 Å². The van der Waals surface area contributed by atoms with Crippen LogP contribution in [-0.2, 0) is 19.2 Å². The molecule has 2 amide bonds. The lowest BCUT2D eigenvalue weighted by atomic mass is 10.0. The molecule has 1 aliphatic carbocycles. The first-order valence-corrected chi connectivity index (χ1v) is 4.76. The van der Waals surface area contributed by atoms with Gasteiger partial charge in [0.15, 0.2) is 11.5 Å². The minimum Gasteiger partial charge on any atom is -0.503 e. The number of nitrogens with one attached hydrogen (secondary N) is 2. The number of Topliss-reactive ketones (excluding diaryl/α,β-unsaturated/α-hetero) is 2. The molecule has 0 spiro atoms. The molecule has 4 N–H and O–H groups in total. The van der Waals surface area contributed by atoms with Crippen LogP contribution in [0.4, 0.5) is 0 Å². The van der Waals surface area contributed by atoms with Crippen molar-refractivity contribution in [3.05, 3.63) is 22.9 Å². The Morgan fingerprint density at radius 2 is 1.11 bits per heavy atom. The molecule has 0 aromatic heterocycles. The monoisotopic (exact) mass is 254 g/mol. The van der Waals surface area contributed by atoms with Crippen LogP contribution in [0.3, 0.4) is 0 Å². The summed E-state index contributed by atoms with van der Waals surface area (Å²) in [6, 6.07) is 0. The predicted molar refractivity (Wildman–Crippen MR) is 57.0 cm³/mol. The third-order valence-corrected chi connectivity index (χ3v) is 1.96. The highest BCUT2D eigenvalue weighted by atomic mass is 16.3. The van der Waals surface area contributed by atoms with Gasteiger partial charge >= 0.3 is 0 Å². The molecule has 0 aliphatic heterocycles. The number of hydrogen-bond acceptors (Lipinski definition) is 6. The van der Waals surface area contributed by atoms with Gasteiger partial charge in [-0.25, -0.2) is 0 Å². The van der Waals surface area contributed by atoms with Gasteiger partial charge in [-0.15, -0.1) is 0 Å². The second kappa shape index (κ2) is 4.70. The SMILES string of the molecule is CC(=O)NC1=C(O)C(=O)C(NC(C)=O)=C(O)C1=O. The van der Waals surface area contributed by atoms with Crippen molar-refractivity contribution < 1.29 is 29.4 Å². The number of carbonyl (C=O) groups excluding carboxylic acids is 4. The summed E-state index contributed by atoms with van der Waals surface area (Å²) < 4.78 is 0. The van der Waals surface area contributed by atoms with Gasteiger partial charge in [0.05, 0.1) is 0 Å². The summed E-state index contributed by atoms with van der Waals surface area (Å²) in [5.41, 5.74) is -1.45. The molecule has 0 aromatic rings. The molecule has 0 aromatic carbocycles. The zero-order valence-electron chi connectivity index (χ0n) is 9.53. The Balaban J connectivity index is 3.22. The first-order valence-electron chi connectivity index (χ1n) is 4.76. The normalized spacial score (nSPS) is 15.9. The Hall–Kier alpha value is -2.64. The second-order valence-electron chi connectivity index (χ2n) is 3.47. The summed E-state index contributed by atoms with van der Waals surface area (Å²) in [6.45, 7) is 2.12. The van der Waals surface area contributed by atoms with E-state index in [9.17, 15) is 29.4 Å². The van der Waals surface area contributed by atoms with Crippen LogP contribution in [0.2, 0.25) is 0 Å². The molecule has 96 valence electrons. The van der Waals surface area contributed by atoms with E-state index >= 15 is 0 Å². The molecule has 0 saturated heterocycles. The number of ketones is 2. The summed E-state index contributed by atoms with van der Waals surface area (Å²) in [4.78, 5) is 44.7. The van der Waals surface area contributed by atoms with Crippen LogP contribution in [-0.4, -0.2) is 33.6 Å². The van der Waals surface area contributed by atoms with Crippen LogP contribution in [0.1, 0.15) is 13.8 Å². The average molecular weight is 254 g/mol. The number of aliphatic hydroxyl groups is 2. The minimum absolute atomic E-state index is 0.700. The van der Waals surface area contributed by atoms with E-state index in [0.29, 0.717) is 0 Å². The first-order chi connectivity index (χ1) is 8.25. The molecule has 0 atom stereocenters. The van der Waals surface area contributed by atoms with Gasteiger partial charge in [-0.1, -0.05) is 0 Å². The molecule has 1 rings (SSSR count). The van der Waals surface area contributed by atoms with E-state index in [1.165, 1.54) is 0 Å². The van der Waals surface area contributed by atoms with Crippen molar-refractivity contribution in [2.24, 2.45) is 0 Å². The fourth-order valence-electron chi connectivity index (χ4n) is 1.26. The molecular formula is C10H10N2O6. The summed E-state index contributed by atoms with van der Waals surface area (Å²) in [6.07, 6.45) is 0. The maximum absolute atomic E-state index is 11.6. The van der Waals surface area contributed by atoms with Crippen molar-refractivity contribution in [1.29, 1.82) is 0 Å². The molecule has 0 radical (unpaired) electrons. The van der Waals surface area contributed by atoms with Crippen LogP contribution >= 0.6 is 0 Å². The topological polar surface area (TPSA) is 133 Å². The Labute approximate surface area is 101 Å². The predicted octanol–water partition coefficient (Wildman–Crippen LogP) is -1.05. The lowest BCUT2D eigenvalue weighted by molar-refractivity contribution is -0.124. The average Bonchev–Trinajstić information content (AvgIpc) is 2.27. The lowest BCUT2D eigenvalue weighted by Crippen LogP contribution is -2.38. The Kier molecular flexibility index (Phi) is 3.50. The third kappa shape index (κ3) is 2.37. The van der Waals surface area contributed by atoms with Gasteiger partial charge in [-0.05, 0) is 0 Å². The van der Waals surface area contributed by atoms with Gasteiger partial charge in [-0.2, -0.15) is 0 Å². The minimum atomic E-state index is -1.16. The molecule has 8 nitrogen and oxygen atoms in total. The van der Waals surface area contributed by atoms with Gasteiger partial charge < -0.3 is 20.8 Å². The maximum atomic E-state index is 11.6. The number of amides is 2. The highest BCUT2D eigenvalue weighted by Crippen LogP contribution is 2.18. The van der Waals surface area contributed by atoms with E-state index in [1.807, 2.05) is 10.6 Å². The third-order valence-electron chi connectivity index (χ3n) is 1.96. The Morgan fingerprint density at radius 1 is 0.833 bits per heavy atom. The summed E-state index contributed by atoms with van der Waals surface area (Å²) in [5.74, 6) is -5.81. The largest absolute Gasteiger partial charge is 0.503 e. The van der Waals surface area contributed by atoms with E-state index < -0.39 is 46.3 Å². The number of rotatable bonds is 2. The second-order valence-corrected chi connectivity index (χ2v) is 3.47. The van der Waals surface area contributed by atoms with Crippen molar-refractivity contribution in [2.45, 2.75) is 13.8 Å². The van der Waals surface area contributed by atoms with Gasteiger partial charge in [0.2, 0.25) is 23.4 Å². The molecule has 8 heteroatoms. The van der Waals surface area contributed by atoms with Gasteiger partial charge in [0.1, 0.15) is 11.4 Å². The summed E-state index contributed by atoms with van der Waals surface area (Å²) in [7, 11) is 0. The van der Waals surface area contributed by atoms with Crippen LogP contribution in [0.25, 0.3) is 0 Å². The molecule has 18 heavy (non-hydrogen) atoms. The fraction of sp³-hybridized carbons (Fsp3) is 0.200. The molecule has 0 fully saturated rings. The van der Waals surface area contributed by atoms with Crippen molar-refractivity contribution in [2.75, 3.05) is 0 Å². The number of hydrogen-bond donors (Lipinski definition) is 4.